The zero-order valence-electron chi connectivity index (χ0n) is 7.73. The van der Waals surface area contributed by atoms with Crippen LogP contribution in [0.3, 0.4) is 0 Å². The van der Waals surface area contributed by atoms with Crippen LogP contribution in [0.2, 0.25) is 0 Å². The molecule has 2 rings (SSSR count). The molecule has 0 bridgehead atoms. The Labute approximate surface area is 81.4 Å². The summed E-state index contributed by atoms with van der Waals surface area (Å²) >= 11 is 0. The number of hydroxylamine groups is 2. The minimum absolute atomic E-state index is 0.0899. The standard InChI is InChI=1S/C9H12FN3O/c10-9-8(11-3-4-12-9)7-1-5-13(14)6-2-7/h3-4,7,14H,1-2,5-6H2. The Morgan fingerprint density at radius 2 is 1.93 bits per heavy atom. The smallest absolute Gasteiger partial charge is 0.234 e. The molecule has 1 aliphatic heterocycles. The average molecular weight is 197 g/mol. The van der Waals surface area contributed by atoms with Crippen molar-refractivity contribution in [1.29, 1.82) is 0 Å². The van der Waals surface area contributed by atoms with Crippen molar-refractivity contribution < 1.29 is 9.60 Å². The van der Waals surface area contributed by atoms with Crippen molar-refractivity contribution in [2.45, 2.75) is 18.8 Å². The van der Waals surface area contributed by atoms with Crippen LogP contribution in [-0.4, -0.2) is 33.3 Å². The third kappa shape index (κ3) is 1.88. The molecule has 0 spiro atoms. The molecule has 1 saturated heterocycles. The Kier molecular flexibility index (Phi) is 2.69. The number of hydrogen-bond acceptors (Lipinski definition) is 4. The quantitative estimate of drug-likeness (QED) is 0.734. The van der Waals surface area contributed by atoms with Gasteiger partial charge in [0.1, 0.15) is 0 Å². The van der Waals surface area contributed by atoms with Gasteiger partial charge in [0.05, 0.1) is 5.69 Å². The number of halogens is 1. The van der Waals surface area contributed by atoms with Gasteiger partial charge in [-0.1, -0.05) is 0 Å². The number of nitrogens with zero attached hydrogens (tertiary/aromatic N) is 3. The molecule has 0 aliphatic carbocycles. The summed E-state index contributed by atoms with van der Waals surface area (Å²) in [5.41, 5.74) is 0.431. The SMILES string of the molecule is ON1CCC(c2nccnc2F)CC1. The van der Waals surface area contributed by atoms with Gasteiger partial charge >= 0.3 is 0 Å². The summed E-state index contributed by atoms with van der Waals surface area (Å²) in [6.45, 7) is 1.14. The maximum absolute atomic E-state index is 13.2. The summed E-state index contributed by atoms with van der Waals surface area (Å²) in [5.74, 6) is -0.393. The van der Waals surface area contributed by atoms with E-state index in [-0.39, 0.29) is 5.92 Å². The Morgan fingerprint density at radius 1 is 1.29 bits per heavy atom. The second-order valence-electron chi connectivity index (χ2n) is 3.46. The maximum atomic E-state index is 13.2. The predicted octanol–water partition coefficient (Wildman–Crippen LogP) is 1.18. The highest BCUT2D eigenvalue weighted by molar-refractivity contribution is 5.06. The Morgan fingerprint density at radius 3 is 2.57 bits per heavy atom. The minimum atomic E-state index is -0.483. The van der Waals surface area contributed by atoms with E-state index in [2.05, 4.69) is 9.97 Å². The Hall–Kier alpha value is -1.07. The zero-order chi connectivity index (χ0) is 9.97. The first kappa shape index (κ1) is 9.48. The van der Waals surface area contributed by atoms with Crippen molar-refractivity contribution in [1.82, 2.24) is 15.0 Å². The van der Waals surface area contributed by atoms with Gasteiger partial charge in [0.25, 0.3) is 0 Å². The number of aromatic nitrogens is 2. The van der Waals surface area contributed by atoms with Gasteiger partial charge in [-0.05, 0) is 12.8 Å². The molecule has 5 heteroatoms. The monoisotopic (exact) mass is 197 g/mol. The predicted molar refractivity (Wildman–Crippen MR) is 47.3 cm³/mol. The molecule has 2 heterocycles. The fourth-order valence-electron chi connectivity index (χ4n) is 1.74. The van der Waals surface area contributed by atoms with Crippen LogP contribution in [0.15, 0.2) is 12.4 Å². The van der Waals surface area contributed by atoms with Gasteiger partial charge in [-0.25, -0.2) is 4.98 Å². The second-order valence-corrected chi connectivity index (χ2v) is 3.46. The van der Waals surface area contributed by atoms with Crippen LogP contribution in [0, 0.1) is 5.95 Å². The number of piperidine rings is 1. The summed E-state index contributed by atoms with van der Waals surface area (Å²) < 4.78 is 13.2. The molecule has 1 N–H and O–H groups in total. The van der Waals surface area contributed by atoms with Gasteiger partial charge in [0.2, 0.25) is 5.95 Å². The van der Waals surface area contributed by atoms with Crippen LogP contribution < -0.4 is 0 Å². The first-order chi connectivity index (χ1) is 6.77. The molecule has 0 radical (unpaired) electrons. The van der Waals surface area contributed by atoms with Gasteiger partial charge in [-0.2, -0.15) is 9.45 Å². The van der Waals surface area contributed by atoms with E-state index in [1.165, 1.54) is 17.5 Å². The van der Waals surface area contributed by atoms with E-state index < -0.39 is 5.95 Å². The molecule has 4 nitrogen and oxygen atoms in total. The fourth-order valence-corrected chi connectivity index (χ4v) is 1.74. The number of rotatable bonds is 1. The average Bonchev–Trinajstić information content (AvgIpc) is 2.20. The molecule has 1 aliphatic rings. The van der Waals surface area contributed by atoms with Crippen molar-refractivity contribution in [2.75, 3.05) is 13.1 Å². The van der Waals surface area contributed by atoms with E-state index in [4.69, 9.17) is 5.21 Å². The third-order valence-electron chi connectivity index (χ3n) is 2.54. The van der Waals surface area contributed by atoms with E-state index in [9.17, 15) is 4.39 Å². The largest absolute Gasteiger partial charge is 0.314 e. The van der Waals surface area contributed by atoms with Gasteiger partial charge < -0.3 is 5.21 Å². The first-order valence-electron chi connectivity index (χ1n) is 4.67. The van der Waals surface area contributed by atoms with E-state index in [1.54, 1.807) is 0 Å². The molecule has 0 aromatic carbocycles. The molecule has 1 aromatic rings. The van der Waals surface area contributed by atoms with Gasteiger partial charge in [-0.15, -0.1) is 0 Å². The summed E-state index contributed by atoms with van der Waals surface area (Å²) in [6.07, 6.45) is 4.31. The van der Waals surface area contributed by atoms with Crippen LogP contribution >= 0.6 is 0 Å². The summed E-state index contributed by atoms with van der Waals surface area (Å²) in [4.78, 5) is 7.56. The van der Waals surface area contributed by atoms with Crippen molar-refractivity contribution in [3.63, 3.8) is 0 Å². The molecule has 14 heavy (non-hydrogen) atoms. The molecule has 1 aromatic heterocycles. The van der Waals surface area contributed by atoms with Crippen LogP contribution in [0.25, 0.3) is 0 Å². The third-order valence-corrected chi connectivity index (χ3v) is 2.54. The normalized spacial score (nSPS) is 19.9. The lowest BCUT2D eigenvalue weighted by molar-refractivity contribution is -0.107. The van der Waals surface area contributed by atoms with E-state index in [0.717, 1.165) is 12.8 Å². The molecule has 0 unspecified atom stereocenters. The van der Waals surface area contributed by atoms with Crippen LogP contribution in [0.1, 0.15) is 24.5 Å². The topological polar surface area (TPSA) is 49.2 Å². The first-order valence-corrected chi connectivity index (χ1v) is 4.67. The molecule has 1 fully saturated rings. The molecule has 0 atom stereocenters. The minimum Gasteiger partial charge on any atom is -0.314 e. The van der Waals surface area contributed by atoms with Crippen LogP contribution in [0.5, 0.6) is 0 Å². The maximum Gasteiger partial charge on any atom is 0.234 e. The molecule has 0 saturated carbocycles. The highest BCUT2D eigenvalue weighted by Gasteiger charge is 2.23. The van der Waals surface area contributed by atoms with Crippen molar-refractivity contribution in [3.05, 3.63) is 24.0 Å². The molecular formula is C9H12FN3O. The molecule has 0 amide bonds. The Balaban J connectivity index is 2.12. The van der Waals surface area contributed by atoms with E-state index in [0.29, 0.717) is 18.8 Å². The number of hydrogen-bond donors (Lipinski definition) is 1. The highest BCUT2D eigenvalue weighted by Crippen LogP contribution is 2.26. The van der Waals surface area contributed by atoms with Crippen molar-refractivity contribution in [3.8, 4) is 0 Å². The van der Waals surface area contributed by atoms with Gasteiger partial charge in [-0.3, -0.25) is 4.98 Å². The van der Waals surface area contributed by atoms with E-state index in [1.807, 2.05) is 0 Å². The lowest BCUT2D eigenvalue weighted by atomic mass is 9.94. The van der Waals surface area contributed by atoms with Crippen molar-refractivity contribution in [2.24, 2.45) is 0 Å². The summed E-state index contributed by atoms with van der Waals surface area (Å²) in [6, 6.07) is 0. The highest BCUT2D eigenvalue weighted by atomic mass is 19.1. The zero-order valence-corrected chi connectivity index (χ0v) is 7.73. The molecule has 76 valence electrons. The Bertz CT molecular complexity index is 313. The summed E-state index contributed by atoms with van der Waals surface area (Å²) in [5, 5.41) is 10.4. The molecular weight excluding hydrogens is 185 g/mol. The van der Waals surface area contributed by atoms with Crippen molar-refractivity contribution >= 4 is 0 Å². The van der Waals surface area contributed by atoms with E-state index >= 15 is 0 Å². The lowest BCUT2D eigenvalue weighted by Gasteiger charge is -2.26. The lowest BCUT2D eigenvalue weighted by Crippen LogP contribution is -2.30. The fraction of sp³-hybridized carbons (Fsp3) is 0.556. The van der Waals surface area contributed by atoms with Crippen LogP contribution in [-0.2, 0) is 0 Å². The second kappa shape index (κ2) is 3.98. The van der Waals surface area contributed by atoms with Crippen LogP contribution in [0.4, 0.5) is 4.39 Å². The van der Waals surface area contributed by atoms with Gasteiger partial charge in [0, 0.05) is 31.4 Å². The van der Waals surface area contributed by atoms with Gasteiger partial charge in [0.15, 0.2) is 0 Å². The summed E-state index contributed by atoms with van der Waals surface area (Å²) in [7, 11) is 0.